The Balaban J connectivity index is 3.05. The lowest BCUT2D eigenvalue weighted by molar-refractivity contribution is 0.572. The Labute approximate surface area is 84.1 Å². The molecular formula is C9H10BrF2N. The van der Waals surface area contributed by atoms with Crippen LogP contribution in [0.4, 0.5) is 8.78 Å². The third kappa shape index (κ3) is 2.74. The molecule has 0 aliphatic rings. The summed E-state index contributed by atoms with van der Waals surface area (Å²) < 4.78 is 26.0. The first-order chi connectivity index (χ1) is 6.00. The second kappa shape index (κ2) is 4.15. The Kier molecular flexibility index (Phi) is 3.39. The zero-order chi connectivity index (χ0) is 10.0. The Bertz CT molecular complexity index is 313. The van der Waals surface area contributed by atoms with Gasteiger partial charge in [-0.15, -0.1) is 0 Å². The van der Waals surface area contributed by atoms with Gasteiger partial charge in [0.2, 0.25) is 0 Å². The Morgan fingerprint density at radius 1 is 1.46 bits per heavy atom. The number of halogens is 3. The van der Waals surface area contributed by atoms with Crippen molar-refractivity contribution in [3.05, 3.63) is 33.8 Å². The van der Waals surface area contributed by atoms with E-state index in [9.17, 15) is 8.78 Å². The van der Waals surface area contributed by atoms with Crippen molar-refractivity contribution in [3.8, 4) is 0 Å². The Hall–Kier alpha value is -0.480. The van der Waals surface area contributed by atoms with Crippen LogP contribution < -0.4 is 5.73 Å². The van der Waals surface area contributed by atoms with Crippen LogP contribution in [0.25, 0.3) is 0 Å². The van der Waals surface area contributed by atoms with Gasteiger partial charge in [0.05, 0.1) is 4.47 Å². The summed E-state index contributed by atoms with van der Waals surface area (Å²) >= 11 is 3.05. The van der Waals surface area contributed by atoms with Gasteiger partial charge in [-0.3, -0.25) is 0 Å². The Morgan fingerprint density at radius 3 is 2.62 bits per heavy atom. The molecule has 0 aliphatic carbocycles. The average molecular weight is 250 g/mol. The van der Waals surface area contributed by atoms with E-state index in [1.54, 1.807) is 6.92 Å². The molecule has 0 saturated heterocycles. The number of hydrogen-bond acceptors (Lipinski definition) is 1. The van der Waals surface area contributed by atoms with Gasteiger partial charge in [0, 0.05) is 12.1 Å². The quantitative estimate of drug-likeness (QED) is 0.802. The van der Waals surface area contributed by atoms with Crippen LogP contribution in [-0.4, -0.2) is 6.04 Å². The zero-order valence-corrected chi connectivity index (χ0v) is 8.74. The molecule has 1 nitrogen and oxygen atoms in total. The summed E-state index contributed by atoms with van der Waals surface area (Å²) in [6.45, 7) is 1.79. The van der Waals surface area contributed by atoms with Gasteiger partial charge >= 0.3 is 0 Å². The summed E-state index contributed by atoms with van der Waals surface area (Å²) in [5, 5.41) is 0. The molecule has 1 aromatic carbocycles. The normalized spacial score (nSPS) is 13.0. The highest BCUT2D eigenvalue weighted by molar-refractivity contribution is 9.10. The number of nitrogens with two attached hydrogens (primary N) is 1. The molecule has 1 rings (SSSR count). The molecule has 0 heterocycles. The van der Waals surface area contributed by atoms with Crippen LogP contribution >= 0.6 is 15.9 Å². The summed E-state index contributed by atoms with van der Waals surface area (Å²) in [5.74, 6) is -1.16. The van der Waals surface area contributed by atoms with Gasteiger partial charge in [0.1, 0.15) is 11.6 Å². The lowest BCUT2D eigenvalue weighted by Crippen LogP contribution is -2.18. The van der Waals surface area contributed by atoms with Gasteiger partial charge in [-0.1, -0.05) is 0 Å². The highest BCUT2D eigenvalue weighted by atomic mass is 79.9. The molecule has 0 fully saturated rings. The van der Waals surface area contributed by atoms with E-state index in [1.807, 2.05) is 0 Å². The predicted molar refractivity (Wildman–Crippen MR) is 51.4 cm³/mol. The molecule has 4 heteroatoms. The Morgan fingerprint density at radius 2 is 2.08 bits per heavy atom. The van der Waals surface area contributed by atoms with Crippen LogP contribution in [0.15, 0.2) is 16.6 Å². The number of benzene rings is 1. The van der Waals surface area contributed by atoms with Crippen LogP contribution in [0, 0.1) is 11.6 Å². The van der Waals surface area contributed by atoms with Crippen molar-refractivity contribution in [2.45, 2.75) is 19.4 Å². The van der Waals surface area contributed by atoms with Crippen LogP contribution in [0.1, 0.15) is 12.5 Å². The first-order valence-corrected chi connectivity index (χ1v) is 4.69. The van der Waals surface area contributed by atoms with E-state index in [0.717, 1.165) is 6.07 Å². The maximum Gasteiger partial charge on any atom is 0.140 e. The molecule has 0 amide bonds. The van der Waals surface area contributed by atoms with Crippen molar-refractivity contribution in [2.24, 2.45) is 5.73 Å². The largest absolute Gasteiger partial charge is 0.328 e. The monoisotopic (exact) mass is 249 g/mol. The topological polar surface area (TPSA) is 26.0 Å². The third-order valence-electron chi connectivity index (χ3n) is 1.61. The molecule has 0 spiro atoms. The molecule has 0 aliphatic heterocycles. The molecule has 0 radical (unpaired) electrons. The first-order valence-electron chi connectivity index (χ1n) is 3.89. The molecular weight excluding hydrogens is 240 g/mol. The van der Waals surface area contributed by atoms with Gasteiger partial charge in [0.25, 0.3) is 0 Å². The second-order valence-corrected chi connectivity index (χ2v) is 3.84. The van der Waals surface area contributed by atoms with Gasteiger partial charge in [0.15, 0.2) is 0 Å². The lowest BCUT2D eigenvalue weighted by Gasteiger charge is -2.08. The molecule has 0 bridgehead atoms. The average Bonchev–Trinajstić information content (AvgIpc) is 1.98. The molecule has 0 saturated carbocycles. The minimum absolute atomic E-state index is 0.113. The van der Waals surface area contributed by atoms with Crippen molar-refractivity contribution in [3.63, 3.8) is 0 Å². The summed E-state index contributed by atoms with van der Waals surface area (Å²) in [5.41, 5.74) is 6.09. The van der Waals surface area contributed by atoms with Crippen molar-refractivity contribution in [1.29, 1.82) is 0 Å². The molecule has 1 atom stereocenters. The predicted octanol–water partition coefficient (Wildman–Crippen LogP) is 2.62. The van der Waals surface area contributed by atoms with Crippen LogP contribution in [0.3, 0.4) is 0 Å². The maximum absolute atomic E-state index is 13.0. The highest BCUT2D eigenvalue weighted by Crippen LogP contribution is 2.22. The lowest BCUT2D eigenvalue weighted by atomic mass is 10.1. The zero-order valence-electron chi connectivity index (χ0n) is 7.15. The second-order valence-electron chi connectivity index (χ2n) is 3.04. The van der Waals surface area contributed by atoms with Crippen LogP contribution in [0.2, 0.25) is 0 Å². The maximum atomic E-state index is 13.0. The SMILES string of the molecule is CC(N)Cc1cc(F)cc(F)c1Br. The van der Waals surface area contributed by atoms with Gasteiger partial charge < -0.3 is 5.73 Å². The summed E-state index contributed by atoms with van der Waals surface area (Å²) in [6, 6.07) is 2.02. The van der Waals surface area contributed by atoms with E-state index in [1.165, 1.54) is 6.07 Å². The molecule has 2 N–H and O–H groups in total. The van der Waals surface area contributed by atoms with Crippen molar-refractivity contribution >= 4 is 15.9 Å². The minimum atomic E-state index is -0.587. The van der Waals surface area contributed by atoms with Gasteiger partial charge in [-0.2, -0.15) is 0 Å². The van der Waals surface area contributed by atoms with Crippen LogP contribution in [-0.2, 0) is 6.42 Å². The van der Waals surface area contributed by atoms with E-state index in [-0.39, 0.29) is 6.04 Å². The summed E-state index contributed by atoms with van der Waals surface area (Å²) in [4.78, 5) is 0. The van der Waals surface area contributed by atoms with Crippen molar-refractivity contribution in [2.75, 3.05) is 0 Å². The van der Waals surface area contributed by atoms with E-state index < -0.39 is 11.6 Å². The standard InChI is InChI=1S/C9H10BrF2N/c1-5(13)2-6-3-7(11)4-8(12)9(6)10/h3-5H,2,13H2,1H3. The molecule has 72 valence electrons. The fourth-order valence-corrected chi connectivity index (χ4v) is 1.50. The summed E-state index contributed by atoms with van der Waals surface area (Å²) in [6.07, 6.45) is 0.454. The molecule has 1 aromatic rings. The molecule has 13 heavy (non-hydrogen) atoms. The van der Waals surface area contributed by atoms with E-state index in [0.29, 0.717) is 16.5 Å². The molecule has 0 aromatic heterocycles. The summed E-state index contributed by atoms with van der Waals surface area (Å²) in [7, 11) is 0. The fraction of sp³-hybridized carbons (Fsp3) is 0.333. The van der Waals surface area contributed by atoms with E-state index >= 15 is 0 Å². The van der Waals surface area contributed by atoms with E-state index in [2.05, 4.69) is 15.9 Å². The number of rotatable bonds is 2. The first kappa shape index (κ1) is 10.6. The van der Waals surface area contributed by atoms with Crippen LogP contribution in [0.5, 0.6) is 0 Å². The fourth-order valence-electron chi connectivity index (χ4n) is 1.10. The smallest absolute Gasteiger partial charge is 0.140 e. The van der Waals surface area contributed by atoms with Crippen molar-refractivity contribution in [1.82, 2.24) is 0 Å². The molecule has 1 unspecified atom stereocenters. The van der Waals surface area contributed by atoms with Gasteiger partial charge in [-0.25, -0.2) is 8.78 Å². The van der Waals surface area contributed by atoms with Crippen molar-refractivity contribution < 1.29 is 8.78 Å². The van der Waals surface area contributed by atoms with Gasteiger partial charge in [-0.05, 0) is 40.9 Å². The minimum Gasteiger partial charge on any atom is -0.328 e. The van der Waals surface area contributed by atoms with E-state index in [4.69, 9.17) is 5.73 Å². The number of hydrogen-bond donors (Lipinski definition) is 1. The highest BCUT2D eigenvalue weighted by Gasteiger charge is 2.09. The third-order valence-corrected chi connectivity index (χ3v) is 2.50.